The zero-order valence-corrected chi connectivity index (χ0v) is 16.6. The first-order valence-electron chi connectivity index (χ1n) is 7.33. The van der Waals surface area contributed by atoms with Crippen LogP contribution in [0.5, 0.6) is 17.2 Å². The Morgan fingerprint density at radius 1 is 0.880 bits per heavy atom. The molecule has 0 radical (unpaired) electrons. The molecule has 0 amide bonds. The van der Waals surface area contributed by atoms with Gasteiger partial charge in [-0.3, -0.25) is 0 Å². The van der Waals surface area contributed by atoms with Crippen LogP contribution in [0.4, 0.5) is 10.8 Å². The van der Waals surface area contributed by atoms with Gasteiger partial charge in [-0.2, -0.15) is 0 Å². The number of ether oxygens (including phenoxy) is 3. The second-order valence-electron chi connectivity index (χ2n) is 4.92. The summed E-state index contributed by atoms with van der Waals surface area (Å²) in [5.74, 6) is 2.19. The van der Waals surface area contributed by atoms with E-state index in [9.17, 15) is 0 Å². The Bertz CT molecular complexity index is 839. The molecule has 2 aromatic carbocycles. The largest absolute Gasteiger partial charge is 0.496 e. The van der Waals surface area contributed by atoms with E-state index >= 15 is 0 Å². The first-order chi connectivity index (χ1) is 11.7. The predicted octanol–water partition coefficient (Wildman–Crippen LogP) is 5.16. The van der Waals surface area contributed by atoms with Crippen LogP contribution in [0.15, 0.2) is 48.7 Å². The summed E-state index contributed by atoms with van der Waals surface area (Å²) < 4.78 is 16.0. The van der Waals surface area contributed by atoms with Gasteiger partial charge in [-0.15, -0.1) is 17.0 Å². The van der Waals surface area contributed by atoms with E-state index in [1.165, 1.54) is 0 Å². The van der Waals surface area contributed by atoms with Gasteiger partial charge in [0.15, 0.2) is 16.6 Å². The van der Waals surface area contributed by atoms with Crippen molar-refractivity contribution in [1.82, 2.24) is 4.98 Å². The highest BCUT2D eigenvalue weighted by Crippen LogP contribution is 2.37. The average Bonchev–Trinajstić information content (AvgIpc) is 3.09. The second-order valence-corrected chi connectivity index (χ2v) is 5.96. The summed E-state index contributed by atoms with van der Waals surface area (Å²) in [6, 6.07) is 13.6. The molecule has 132 valence electrons. The molecule has 0 aliphatic heterocycles. The van der Waals surface area contributed by atoms with Crippen LogP contribution in [0, 0.1) is 0 Å². The minimum absolute atomic E-state index is 0. The van der Waals surface area contributed by atoms with Gasteiger partial charge in [0.05, 0.1) is 26.2 Å². The zero-order chi connectivity index (χ0) is 16.9. The highest BCUT2D eigenvalue weighted by atomic mass is 79.9. The van der Waals surface area contributed by atoms with Crippen molar-refractivity contribution in [2.24, 2.45) is 0 Å². The van der Waals surface area contributed by atoms with E-state index in [1.807, 2.05) is 48.7 Å². The number of aromatic nitrogens is 1. The molecule has 0 fully saturated rings. The van der Waals surface area contributed by atoms with Crippen molar-refractivity contribution in [2.45, 2.75) is 0 Å². The number of rotatable bonds is 6. The number of nitrogens with zero attached hydrogens (tertiary/aromatic N) is 1. The lowest BCUT2D eigenvalue weighted by molar-refractivity contribution is 0.355. The first kappa shape index (κ1) is 19.1. The number of hydrogen-bond acceptors (Lipinski definition) is 6. The van der Waals surface area contributed by atoms with Crippen molar-refractivity contribution >= 4 is 39.1 Å². The lowest BCUT2D eigenvalue weighted by atomic mass is 10.2. The van der Waals surface area contributed by atoms with Crippen LogP contribution in [0.3, 0.4) is 0 Å². The molecule has 1 aromatic heterocycles. The third-order valence-electron chi connectivity index (χ3n) is 3.51. The van der Waals surface area contributed by atoms with Crippen molar-refractivity contribution in [3.8, 4) is 27.7 Å². The monoisotopic (exact) mass is 422 g/mol. The van der Waals surface area contributed by atoms with E-state index in [4.69, 9.17) is 14.2 Å². The number of para-hydroxylation sites is 1. The summed E-state index contributed by atoms with van der Waals surface area (Å²) in [6.45, 7) is 0. The van der Waals surface area contributed by atoms with Crippen molar-refractivity contribution < 1.29 is 14.2 Å². The minimum Gasteiger partial charge on any atom is -0.496 e. The van der Waals surface area contributed by atoms with Crippen molar-refractivity contribution in [1.29, 1.82) is 0 Å². The minimum atomic E-state index is 0. The standard InChI is InChI=1S/C18H18N2O3S.BrH/c1-21-14-7-5-4-6-13(14)17-11-19-18(24-17)20-12-8-9-15(22-2)16(10-12)23-3;/h4-11H,1-3H3,(H,19,20);1H. The van der Waals surface area contributed by atoms with Gasteiger partial charge in [0.2, 0.25) is 0 Å². The Balaban J connectivity index is 0.00000225. The smallest absolute Gasteiger partial charge is 0.187 e. The van der Waals surface area contributed by atoms with Gasteiger partial charge < -0.3 is 19.5 Å². The summed E-state index contributed by atoms with van der Waals surface area (Å²) in [4.78, 5) is 5.48. The zero-order valence-electron chi connectivity index (χ0n) is 14.1. The molecule has 0 saturated heterocycles. The van der Waals surface area contributed by atoms with Crippen LogP contribution in [0.2, 0.25) is 0 Å². The number of hydrogen-bond donors (Lipinski definition) is 1. The molecule has 0 aliphatic rings. The molecule has 0 aliphatic carbocycles. The van der Waals surface area contributed by atoms with Crippen LogP contribution in [-0.2, 0) is 0 Å². The van der Waals surface area contributed by atoms with Gasteiger partial charge in [-0.25, -0.2) is 4.98 Å². The topological polar surface area (TPSA) is 52.6 Å². The van der Waals surface area contributed by atoms with Gasteiger partial charge in [0.1, 0.15) is 5.75 Å². The molecular formula is C18H19BrN2O3S. The Hall–Kier alpha value is -2.25. The highest BCUT2D eigenvalue weighted by Gasteiger charge is 2.10. The van der Waals surface area contributed by atoms with E-state index in [0.29, 0.717) is 11.5 Å². The maximum absolute atomic E-state index is 5.41. The summed E-state index contributed by atoms with van der Waals surface area (Å²) in [7, 11) is 4.90. The Kier molecular flexibility index (Phi) is 6.66. The number of halogens is 1. The van der Waals surface area contributed by atoms with E-state index in [0.717, 1.165) is 27.0 Å². The fraction of sp³-hybridized carbons (Fsp3) is 0.167. The van der Waals surface area contributed by atoms with E-state index in [-0.39, 0.29) is 17.0 Å². The summed E-state index contributed by atoms with van der Waals surface area (Å²) >= 11 is 1.56. The third-order valence-corrected chi connectivity index (χ3v) is 4.46. The van der Waals surface area contributed by atoms with Gasteiger partial charge in [-0.1, -0.05) is 23.5 Å². The van der Waals surface area contributed by atoms with E-state index in [2.05, 4.69) is 10.3 Å². The van der Waals surface area contributed by atoms with Crippen molar-refractivity contribution in [3.63, 3.8) is 0 Å². The molecule has 1 heterocycles. The average molecular weight is 423 g/mol. The quantitative estimate of drug-likeness (QED) is 0.594. The molecule has 0 bridgehead atoms. The van der Waals surface area contributed by atoms with Crippen LogP contribution in [-0.4, -0.2) is 26.3 Å². The number of anilines is 2. The normalized spacial score (nSPS) is 9.88. The molecule has 25 heavy (non-hydrogen) atoms. The number of methoxy groups -OCH3 is 3. The molecular weight excluding hydrogens is 404 g/mol. The summed E-state index contributed by atoms with van der Waals surface area (Å²) in [6.07, 6.45) is 1.84. The lowest BCUT2D eigenvalue weighted by Crippen LogP contribution is -1.93. The molecule has 0 saturated carbocycles. The van der Waals surface area contributed by atoms with Crippen LogP contribution >= 0.6 is 28.3 Å². The van der Waals surface area contributed by atoms with E-state index < -0.39 is 0 Å². The number of benzene rings is 2. The lowest BCUT2D eigenvalue weighted by Gasteiger charge is -2.09. The van der Waals surface area contributed by atoms with Gasteiger partial charge in [-0.05, 0) is 24.3 Å². The summed E-state index contributed by atoms with van der Waals surface area (Å²) in [5, 5.41) is 4.08. The van der Waals surface area contributed by atoms with Crippen LogP contribution < -0.4 is 19.5 Å². The number of nitrogens with one attached hydrogen (secondary N) is 1. The molecule has 0 spiro atoms. The van der Waals surface area contributed by atoms with Gasteiger partial charge >= 0.3 is 0 Å². The predicted molar refractivity (Wildman–Crippen MR) is 107 cm³/mol. The van der Waals surface area contributed by atoms with E-state index in [1.54, 1.807) is 32.7 Å². The fourth-order valence-electron chi connectivity index (χ4n) is 2.34. The maximum atomic E-state index is 5.41. The molecule has 0 unspecified atom stereocenters. The Morgan fingerprint density at radius 2 is 1.60 bits per heavy atom. The fourth-order valence-corrected chi connectivity index (χ4v) is 3.21. The van der Waals surface area contributed by atoms with Crippen molar-refractivity contribution in [3.05, 3.63) is 48.7 Å². The molecule has 7 heteroatoms. The highest BCUT2D eigenvalue weighted by molar-refractivity contribution is 8.93. The molecule has 3 aromatic rings. The summed E-state index contributed by atoms with van der Waals surface area (Å²) in [5.41, 5.74) is 1.91. The van der Waals surface area contributed by atoms with Gasteiger partial charge in [0, 0.05) is 23.5 Å². The maximum Gasteiger partial charge on any atom is 0.187 e. The van der Waals surface area contributed by atoms with Crippen LogP contribution in [0.1, 0.15) is 0 Å². The Labute approximate surface area is 161 Å². The van der Waals surface area contributed by atoms with Gasteiger partial charge in [0.25, 0.3) is 0 Å². The molecule has 5 nitrogen and oxygen atoms in total. The molecule has 1 N–H and O–H groups in total. The van der Waals surface area contributed by atoms with Crippen LogP contribution in [0.25, 0.3) is 10.4 Å². The number of thiazole rings is 1. The SMILES string of the molecule is Br.COc1ccc(Nc2ncc(-c3ccccc3OC)s2)cc1OC. The Morgan fingerprint density at radius 3 is 2.32 bits per heavy atom. The van der Waals surface area contributed by atoms with Crippen molar-refractivity contribution in [2.75, 3.05) is 26.6 Å². The third kappa shape index (κ3) is 4.24. The molecule has 3 rings (SSSR count). The molecule has 0 atom stereocenters. The first-order valence-corrected chi connectivity index (χ1v) is 8.15. The second kappa shape index (κ2) is 8.73.